The Hall–Kier alpha value is -1.34. The Morgan fingerprint density at radius 1 is 1.16 bits per heavy atom. The molecule has 0 bridgehead atoms. The van der Waals surface area contributed by atoms with Gasteiger partial charge in [-0.1, -0.05) is 0 Å². The lowest BCUT2D eigenvalue weighted by Gasteiger charge is -2.21. The van der Waals surface area contributed by atoms with Gasteiger partial charge in [0.05, 0.1) is 20.1 Å². The fourth-order valence-corrected chi connectivity index (χ4v) is 1.36. The molecule has 8 heteroatoms. The van der Waals surface area contributed by atoms with Gasteiger partial charge in [0.15, 0.2) is 0 Å². The summed E-state index contributed by atoms with van der Waals surface area (Å²) in [5, 5.41) is 2.19. The summed E-state index contributed by atoms with van der Waals surface area (Å²) >= 11 is 5.40. The number of hydrogen-bond donors (Lipinski definition) is 1. The van der Waals surface area contributed by atoms with E-state index < -0.39 is 17.9 Å². The summed E-state index contributed by atoms with van der Waals surface area (Å²) in [7, 11) is 2.76. The molecule has 7 nitrogen and oxygen atoms in total. The van der Waals surface area contributed by atoms with Crippen molar-refractivity contribution in [3.8, 4) is 0 Å². The van der Waals surface area contributed by atoms with Crippen LogP contribution in [0.25, 0.3) is 0 Å². The Bertz CT molecular complexity index is 311. The summed E-state index contributed by atoms with van der Waals surface area (Å²) in [6.07, 6.45) is 0.111. The minimum atomic E-state index is -0.573. The average Bonchev–Trinajstić information content (AvgIpc) is 2.38. The van der Waals surface area contributed by atoms with E-state index in [9.17, 15) is 14.4 Å². The maximum Gasteiger partial charge on any atom is 0.324 e. The van der Waals surface area contributed by atoms with Crippen molar-refractivity contribution < 1.29 is 23.9 Å². The van der Waals surface area contributed by atoms with Gasteiger partial charge in [-0.15, -0.1) is 11.6 Å². The van der Waals surface area contributed by atoms with Crippen molar-refractivity contribution in [2.75, 3.05) is 39.8 Å². The number of hydrogen-bond acceptors (Lipinski definition) is 5. The standard InChI is InChI=1S/C11H19ClN2O5/c1-18-8-7-14(6-4-10(16)19-2)11(17)13-9(15)3-5-12/h3-8H2,1-2H3,(H,13,15,17). The maximum atomic E-state index is 11.8. The fraction of sp³-hybridized carbons (Fsp3) is 0.727. The molecule has 0 spiro atoms. The van der Waals surface area contributed by atoms with Crippen LogP contribution in [-0.2, 0) is 19.1 Å². The summed E-state index contributed by atoms with van der Waals surface area (Å²) in [6, 6.07) is -0.573. The monoisotopic (exact) mass is 294 g/mol. The topological polar surface area (TPSA) is 84.9 Å². The summed E-state index contributed by atoms with van der Waals surface area (Å²) in [4.78, 5) is 35.4. The van der Waals surface area contributed by atoms with E-state index in [4.69, 9.17) is 16.3 Å². The lowest BCUT2D eigenvalue weighted by Crippen LogP contribution is -2.45. The number of amides is 3. The first-order chi connectivity index (χ1) is 9.04. The molecule has 0 saturated heterocycles. The Morgan fingerprint density at radius 3 is 2.37 bits per heavy atom. The molecule has 0 aromatic heterocycles. The van der Waals surface area contributed by atoms with Gasteiger partial charge in [0, 0.05) is 32.5 Å². The first-order valence-electron chi connectivity index (χ1n) is 5.75. The number of methoxy groups -OCH3 is 2. The number of halogens is 1. The van der Waals surface area contributed by atoms with Crippen molar-refractivity contribution in [2.24, 2.45) is 0 Å². The van der Waals surface area contributed by atoms with Crippen molar-refractivity contribution in [3.05, 3.63) is 0 Å². The highest BCUT2D eigenvalue weighted by molar-refractivity contribution is 6.19. The zero-order valence-electron chi connectivity index (χ0n) is 11.1. The summed E-state index contributed by atoms with van der Waals surface area (Å²) in [5.41, 5.74) is 0. The minimum Gasteiger partial charge on any atom is -0.469 e. The van der Waals surface area contributed by atoms with E-state index in [2.05, 4.69) is 10.1 Å². The molecule has 0 aromatic carbocycles. The molecule has 3 amide bonds. The van der Waals surface area contributed by atoms with E-state index in [1.54, 1.807) is 0 Å². The third-order valence-corrected chi connectivity index (χ3v) is 2.42. The number of nitrogens with zero attached hydrogens (tertiary/aromatic N) is 1. The molecule has 0 aliphatic carbocycles. The van der Waals surface area contributed by atoms with Crippen molar-refractivity contribution >= 4 is 29.5 Å². The quantitative estimate of drug-likeness (QED) is 0.516. The molecule has 110 valence electrons. The second kappa shape index (κ2) is 10.6. The highest BCUT2D eigenvalue weighted by Crippen LogP contribution is 1.96. The van der Waals surface area contributed by atoms with Crippen LogP contribution in [0.15, 0.2) is 0 Å². The van der Waals surface area contributed by atoms with E-state index in [1.807, 2.05) is 0 Å². The van der Waals surface area contributed by atoms with Gasteiger partial charge >= 0.3 is 12.0 Å². The van der Waals surface area contributed by atoms with Crippen LogP contribution in [-0.4, -0.2) is 62.6 Å². The number of esters is 1. The van der Waals surface area contributed by atoms with Gasteiger partial charge in [0.25, 0.3) is 0 Å². The van der Waals surface area contributed by atoms with E-state index in [0.717, 1.165) is 0 Å². The van der Waals surface area contributed by atoms with Crippen LogP contribution in [0, 0.1) is 0 Å². The van der Waals surface area contributed by atoms with Gasteiger partial charge in [-0.3, -0.25) is 14.9 Å². The Balaban J connectivity index is 4.33. The number of urea groups is 1. The van der Waals surface area contributed by atoms with E-state index in [1.165, 1.54) is 19.1 Å². The third-order valence-electron chi connectivity index (χ3n) is 2.23. The van der Waals surface area contributed by atoms with Gasteiger partial charge in [-0.05, 0) is 0 Å². The van der Waals surface area contributed by atoms with Crippen LogP contribution in [0.1, 0.15) is 12.8 Å². The molecule has 0 aromatic rings. The molecular formula is C11H19ClN2O5. The van der Waals surface area contributed by atoms with Crippen molar-refractivity contribution in [1.82, 2.24) is 10.2 Å². The summed E-state index contributed by atoms with van der Waals surface area (Å²) in [5.74, 6) is -0.748. The molecule has 0 saturated carbocycles. The largest absolute Gasteiger partial charge is 0.469 e. The molecule has 0 rings (SSSR count). The van der Waals surface area contributed by atoms with Gasteiger partial charge in [-0.25, -0.2) is 4.79 Å². The number of carbonyl (C=O) groups excluding carboxylic acids is 3. The second-order valence-electron chi connectivity index (χ2n) is 3.60. The number of ether oxygens (including phenoxy) is 2. The molecule has 0 heterocycles. The summed E-state index contributed by atoms with van der Waals surface area (Å²) in [6.45, 7) is 0.724. The molecule has 0 aliphatic heterocycles. The maximum absolute atomic E-state index is 11.8. The first kappa shape index (κ1) is 17.7. The third kappa shape index (κ3) is 8.39. The average molecular weight is 295 g/mol. The lowest BCUT2D eigenvalue weighted by atomic mass is 10.4. The van der Waals surface area contributed by atoms with Gasteiger partial charge < -0.3 is 14.4 Å². The molecule has 19 heavy (non-hydrogen) atoms. The zero-order valence-corrected chi connectivity index (χ0v) is 11.9. The molecular weight excluding hydrogens is 276 g/mol. The molecule has 0 aliphatic rings. The number of imide groups is 1. The zero-order chi connectivity index (χ0) is 14.7. The molecule has 0 radical (unpaired) electrons. The van der Waals surface area contributed by atoms with Crippen molar-refractivity contribution in [2.45, 2.75) is 12.8 Å². The summed E-state index contributed by atoms with van der Waals surface area (Å²) < 4.78 is 9.36. The highest BCUT2D eigenvalue weighted by Gasteiger charge is 2.17. The van der Waals surface area contributed by atoms with Crippen LogP contribution in [0.4, 0.5) is 4.79 Å². The Kier molecular flexibility index (Phi) is 9.82. The Labute approximate surface area is 117 Å². The van der Waals surface area contributed by atoms with Crippen LogP contribution in [0.2, 0.25) is 0 Å². The van der Waals surface area contributed by atoms with Gasteiger partial charge in [0.1, 0.15) is 0 Å². The molecule has 0 atom stereocenters. The SMILES string of the molecule is COCCN(CCC(=O)OC)C(=O)NC(=O)CCCl. The van der Waals surface area contributed by atoms with Crippen LogP contribution in [0.5, 0.6) is 0 Å². The fourth-order valence-electron chi connectivity index (χ4n) is 1.19. The van der Waals surface area contributed by atoms with E-state index in [-0.39, 0.29) is 31.8 Å². The first-order valence-corrected chi connectivity index (χ1v) is 6.29. The van der Waals surface area contributed by atoms with Gasteiger partial charge in [0.2, 0.25) is 5.91 Å². The van der Waals surface area contributed by atoms with Crippen molar-refractivity contribution in [3.63, 3.8) is 0 Å². The predicted octanol–water partition coefficient (Wildman–Crippen LogP) is 0.363. The van der Waals surface area contributed by atoms with Crippen LogP contribution < -0.4 is 5.32 Å². The van der Waals surface area contributed by atoms with Crippen LogP contribution >= 0.6 is 11.6 Å². The number of rotatable bonds is 8. The highest BCUT2D eigenvalue weighted by atomic mass is 35.5. The van der Waals surface area contributed by atoms with Crippen LogP contribution in [0.3, 0.4) is 0 Å². The second-order valence-corrected chi connectivity index (χ2v) is 3.98. The molecule has 1 N–H and O–H groups in total. The smallest absolute Gasteiger partial charge is 0.324 e. The number of alkyl halides is 1. The minimum absolute atomic E-state index is 0.0529. The normalized spacial score (nSPS) is 9.84. The molecule has 0 unspecified atom stereocenters. The lowest BCUT2D eigenvalue weighted by molar-refractivity contribution is -0.140. The van der Waals surface area contributed by atoms with Crippen molar-refractivity contribution in [1.29, 1.82) is 0 Å². The van der Waals surface area contributed by atoms with E-state index >= 15 is 0 Å². The van der Waals surface area contributed by atoms with E-state index in [0.29, 0.717) is 6.61 Å². The number of nitrogens with one attached hydrogen (secondary N) is 1. The Morgan fingerprint density at radius 2 is 1.84 bits per heavy atom. The number of carbonyl (C=O) groups is 3. The predicted molar refractivity (Wildman–Crippen MR) is 69.0 cm³/mol. The van der Waals surface area contributed by atoms with Gasteiger partial charge in [-0.2, -0.15) is 0 Å². The molecule has 0 fully saturated rings.